The molecule has 0 atom stereocenters. The summed E-state index contributed by atoms with van der Waals surface area (Å²) in [5.41, 5.74) is 3.59. The number of carbonyl (C=O) groups excluding carboxylic acids is 2. The van der Waals surface area contributed by atoms with Crippen LogP contribution in [0.25, 0.3) is 5.69 Å². The maximum absolute atomic E-state index is 13.3. The van der Waals surface area contributed by atoms with Gasteiger partial charge in [0.1, 0.15) is 11.6 Å². The van der Waals surface area contributed by atoms with Crippen molar-refractivity contribution in [3.05, 3.63) is 76.9 Å². The van der Waals surface area contributed by atoms with Crippen LogP contribution < -0.4 is 15.4 Å². The van der Waals surface area contributed by atoms with Gasteiger partial charge in [-0.25, -0.2) is 9.07 Å². The van der Waals surface area contributed by atoms with E-state index in [1.165, 1.54) is 12.1 Å². The zero-order valence-corrected chi connectivity index (χ0v) is 17.9. The Kier molecular flexibility index (Phi) is 6.49. The van der Waals surface area contributed by atoms with Crippen LogP contribution in [-0.2, 0) is 12.8 Å². The molecule has 0 aliphatic heterocycles. The number of amides is 2. The molecule has 0 saturated heterocycles. The lowest BCUT2D eigenvalue weighted by Gasteiger charge is -2.14. The van der Waals surface area contributed by atoms with Crippen LogP contribution in [0.3, 0.4) is 0 Å². The summed E-state index contributed by atoms with van der Waals surface area (Å²) in [7, 11) is 1.57. The molecule has 0 spiro atoms. The van der Waals surface area contributed by atoms with Gasteiger partial charge in [-0.2, -0.15) is 5.10 Å². The summed E-state index contributed by atoms with van der Waals surface area (Å²) in [6.07, 6.45) is 3.64. The van der Waals surface area contributed by atoms with Crippen molar-refractivity contribution in [2.24, 2.45) is 0 Å². The van der Waals surface area contributed by atoms with Crippen LogP contribution >= 0.6 is 0 Å². The molecule has 0 fully saturated rings. The number of nitrogens with zero attached hydrogens (tertiary/aromatic N) is 2. The summed E-state index contributed by atoms with van der Waals surface area (Å²) < 4.78 is 20.1. The molecule has 1 aliphatic rings. The fourth-order valence-corrected chi connectivity index (χ4v) is 3.86. The predicted octanol–water partition coefficient (Wildman–Crippen LogP) is 3.06. The highest BCUT2D eigenvalue weighted by Crippen LogP contribution is 2.27. The quantitative estimate of drug-likeness (QED) is 0.558. The van der Waals surface area contributed by atoms with E-state index in [0.717, 1.165) is 42.6 Å². The zero-order valence-electron chi connectivity index (χ0n) is 17.9. The Balaban J connectivity index is 1.39. The van der Waals surface area contributed by atoms with E-state index in [4.69, 9.17) is 4.74 Å². The molecule has 4 rings (SSSR count). The lowest BCUT2D eigenvalue weighted by atomic mass is 9.95. The van der Waals surface area contributed by atoms with Gasteiger partial charge >= 0.3 is 0 Å². The van der Waals surface area contributed by atoms with E-state index in [1.807, 2.05) is 0 Å². The van der Waals surface area contributed by atoms with Gasteiger partial charge in [0, 0.05) is 29.9 Å². The van der Waals surface area contributed by atoms with Crippen LogP contribution in [0.4, 0.5) is 4.39 Å². The van der Waals surface area contributed by atoms with Gasteiger partial charge in [0.15, 0.2) is 5.69 Å². The van der Waals surface area contributed by atoms with Crippen LogP contribution in [-0.4, -0.2) is 41.8 Å². The Morgan fingerprint density at radius 2 is 1.62 bits per heavy atom. The molecule has 2 aromatic carbocycles. The molecule has 2 N–H and O–H groups in total. The first-order valence-corrected chi connectivity index (χ1v) is 10.6. The molecule has 7 nitrogen and oxygen atoms in total. The van der Waals surface area contributed by atoms with Gasteiger partial charge in [-0.15, -0.1) is 0 Å². The fraction of sp³-hybridized carbons (Fsp3) is 0.292. The van der Waals surface area contributed by atoms with E-state index in [-0.39, 0.29) is 30.7 Å². The molecule has 2 amide bonds. The summed E-state index contributed by atoms with van der Waals surface area (Å²) in [6.45, 7) is 0.566. The number of rotatable bonds is 7. The Labute approximate surface area is 185 Å². The highest BCUT2D eigenvalue weighted by Gasteiger charge is 2.25. The first-order chi connectivity index (χ1) is 15.6. The summed E-state index contributed by atoms with van der Waals surface area (Å²) >= 11 is 0. The molecular weight excluding hydrogens is 411 g/mol. The van der Waals surface area contributed by atoms with Gasteiger partial charge in [0.05, 0.1) is 12.8 Å². The van der Waals surface area contributed by atoms with E-state index in [9.17, 15) is 14.0 Å². The highest BCUT2D eigenvalue weighted by molar-refractivity contribution is 5.95. The van der Waals surface area contributed by atoms with E-state index in [1.54, 1.807) is 48.2 Å². The monoisotopic (exact) mass is 436 g/mol. The molecule has 3 aromatic rings. The van der Waals surface area contributed by atoms with Gasteiger partial charge in [-0.3, -0.25) is 9.59 Å². The van der Waals surface area contributed by atoms with Crippen molar-refractivity contribution in [1.82, 2.24) is 20.4 Å². The highest BCUT2D eigenvalue weighted by atomic mass is 19.1. The van der Waals surface area contributed by atoms with Gasteiger partial charge in [0.25, 0.3) is 11.8 Å². The summed E-state index contributed by atoms with van der Waals surface area (Å²) in [4.78, 5) is 25.1. The molecule has 1 aromatic heterocycles. The number of halogens is 1. The number of fused-ring (bicyclic) bond motifs is 1. The van der Waals surface area contributed by atoms with Crippen molar-refractivity contribution in [3.8, 4) is 11.4 Å². The first kappa shape index (κ1) is 21.5. The van der Waals surface area contributed by atoms with E-state index < -0.39 is 0 Å². The maximum atomic E-state index is 13.3. The maximum Gasteiger partial charge on any atom is 0.272 e. The Morgan fingerprint density at radius 1 is 0.969 bits per heavy atom. The lowest BCUT2D eigenvalue weighted by Crippen LogP contribution is -2.35. The topological polar surface area (TPSA) is 85.2 Å². The Bertz CT molecular complexity index is 1110. The third-order valence-corrected chi connectivity index (χ3v) is 5.51. The van der Waals surface area contributed by atoms with Crippen molar-refractivity contribution in [3.63, 3.8) is 0 Å². The molecule has 8 heteroatoms. The van der Waals surface area contributed by atoms with Crippen LogP contribution in [0, 0.1) is 5.82 Å². The summed E-state index contributed by atoms with van der Waals surface area (Å²) in [5, 5.41) is 10.2. The average Bonchev–Trinajstić information content (AvgIpc) is 3.22. The van der Waals surface area contributed by atoms with E-state index in [2.05, 4.69) is 15.7 Å². The second kappa shape index (κ2) is 9.64. The summed E-state index contributed by atoms with van der Waals surface area (Å²) in [6, 6.07) is 12.9. The smallest absolute Gasteiger partial charge is 0.272 e. The third-order valence-electron chi connectivity index (χ3n) is 5.51. The number of ether oxygens (including phenoxy) is 1. The first-order valence-electron chi connectivity index (χ1n) is 10.6. The number of nitrogens with one attached hydrogen (secondary N) is 2. The number of hydrogen-bond donors (Lipinski definition) is 2. The number of carbonyl (C=O) groups is 2. The van der Waals surface area contributed by atoms with Gasteiger partial charge in [-0.1, -0.05) is 0 Å². The molecular formula is C24H25FN4O3. The number of benzene rings is 2. The minimum atomic E-state index is -0.315. The normalized spacial score (nSPS) is 12.7. The lowest BCUT2D eigenvalue weighted by molar-refractivity contribution is 0.0924. The van der Waals surface area contributed by atoms with Gasteiger partial charge in [-0.05, 0) is 74.2 Å². The standard InChI is InChI=1S/C24H25FN4O3/c1-32-19-12-6-16(7-13-19)23(30)26-14-15-27-24(31)22-20-4-2-3-5-21(20)29(28-22)18-10-8-17(25)9-11-18/h6-13H,2-5,14-15H2,1H3,(H,26,30)(H,27,31). The number of methoxy groups -OCH3 is 1. The predicted molar refractivity (Wildman–Crippen MR) is 118 cm³/mol. The SMILES string of the molecule is COc1ccc(C(=O)NCCNC(=O)c2nn(-c3ccc(F)cc3)c3c2CCCC3)cc1. The van der Waals surface area contributed by atoms with Crippen molar-refractivity contribution in [1.29, 1.82) is 0 Å². The van der Waals surface area contributed by atoms with Gasteiger partial charge in [0.2, 0.25) is 0 Å². The molecule has 166 valence electrons. The van der Waals surface area contributed by atoms with E-state index in [0.29, 0.717) is 17.0 Å². The Hall–Kier alpha value is -3.68. The second-order valence-corrected chi connectivity index (χ2v) is 7.61. The Morgan fingerprint density at radius 3 is 2.31 bits per heavy atom. The van der Waals surface area contributed by atoms with Crippen LogP contribution in [0.1, 0.15) is 44.9 Å². The number of aromatic nitrogens is 2. The average molecular weight is 436 g/mol. The fourth-order valence-electron chi connectivity index (χ4n) is 3.86. The molecule has 0 bridgehead atoms. The zero-order chi connectivity index (χ0) is 22.5. The van der Waals surface area contributed by atoms with Crippen molar-refractivity contribution >= 4 is 11.8 Å². The number of hydrogen-bond acceptors (Lipinski definition) is 4. The van der Waals surface area contributed by atoms with Crippen LogP contribution in [0.2, 0.25) is 0 Å². The largest absolute Gasteiger partial charge is 0.497 e. The molecule has 0 unspecified atom stereocenters. The van der Waals surface area contributed by atoms with Crippen molar-refractivity contribution in [2.45, 2.75) is 25.7 Å². The van der Waals surface area contributed by atoms with Crippen molar-refractivity contribution in [2.75, 3.05) is 20.2 Å². The third kappa shape index (κ3) is 4.64. The minimum absolute atomic E-state index is 0.222. The molecule has 1 heterocycles. The van der Waals surface area contributed by atoms with Crippen LogP contribution in [0.15, 0.2) is 48.5 Å². The molecule has 32 heavy (non-hydrogen) atoms. The minimum Gasteiger partial charge on any atom is -0.497 e. The molecule has 0 radical (unpaired) electrons. The summed E-state index contributed by atoms with van der Waals surface area (Å²) in [5.74, 6) is -0.135. The van der Waals surface area contributed by atoms with Crippen LogP contribution in [0.5, 0.6) is 5.75 Å². The molecule has 1 aliphatic carbocycles. The van der Waals surface area contributed by atoms with E-state index >= 15 is 0 Å². The van der Waals surface area contributed by atoms with Gasteiger partial charge < -0.3 is 15.4 Å². The van der Waals surface area contributed by atoms with Crippen molar-refractivity contribution < 1.29 is 18.7 Å². The molecule has 0 saturated carbocycles. The second-order valence-electron chi connectivity index (χ2n) is 7.61.